The minimum Gasteiger partial charge on any atom is -0.373 e. The van der Waals surface area contributed by atoms with E-state index in [9.17, 15) is 0 Å². The lowest BCUT2D eigenvalue weighted by molar-refractivity contribution is -0.0402. The normalized spacial score (nSPS) is 19.0. The second kappa shape index (κ2) is 8.55. The van der Waals surface area contributed by atoms with Crippen LogP contribution in [0.25, 0.3) is 11.0 Å². The van der Waals surface area contributed by atoms with E-state index < -0.39 is 0 Å². The third-order valence-electron chi connectivity index (χ3n) is 5.22. The van der Waals surface area contributed by atoms with Crippen LogP contribution in [-0.4, -0.2) is 56.5 Å². The summed E-state index contributed by atoms with van der Waals surface area (Å²) in [6, 6.07) is 10.8. The molecule has 2 atom stereocenters. The maximum atomic E-state index is 6.14. The molecule has 0 spiro atoms. The average Bonchev–Trinajstić information content (AvgIpc) is 3.01. The highest BCUT2D eigenvalue weighted by Gasteiger charge is 2.28. The third kappa shape index (κ3) is 4.04. The molecule has 7 nitrogen and oxygen atoms in total. The Morgan fingerprint density at radius 2 is 2.11 bits per heavy atom. The zero-order valence-electron chi connectivity index (χ0n) is 16.2. The van der Waals surface area contributed by atoms with Gasteiger partial charge in [-0.1, -0.05) is 37.3 Å². The van der Waals surface area contributed by atoms with Gasteiger partial charge in [-0.2, -0.15) is 5.10 Å². The van der Waals surface area contributed by atoms with Crippen LogP contribution < -0.4 is 5.32 Å². The van der Waals surface area contributed by atoms with Crippen molar-refractivity contribution in [3.05, 3.63) is 46.8 Å². The quantitative estimate of drug-likeness (QED) is 0.629. The number of ether oxygens (including phenoxy) is 1. The van der Waals surface area contributed by atoms with Crippen molar-refractivity contribution in [2.45, 2.75) is 32.0 Å². The smallest absolute Gasteiger partial charge is 0.164 e. The number of halogens is 1. The summed E-state index contributed by atoms with van der Waals surface area (Å²) in [6.45, 7) is 5.71. The van der Waals surface area contributed by atoms with Crippen LogP contribution in [0.3, 0.4) is 0 Å². The first kappa shape index (κ1) is 19.3. The Morgan fingerprint density at radius 3 is 2.89 bits per heavy atom. The summed E-state index contributed by atoms with van der Waals surface area (Å²) in [4.78, 5) is 11.3. The first-order valence-corrected chi connectivity index (χ1v) is 10.4. The summed E-state index contributed by atoms with van der Waals surface area (Å²) in [7, 11) is 1.88. The Labute approximate surface area is 173 Å². The van der Waals surface area contributed by atoms with E-state index in [2.05, 4.69) is 78.5 Å². The fourth-order valence-electron chi connectivity index (χ4n) is 3.74. The fourth-order valence-corrected chi connectivity index (χ4v) is 4.35. The summed E-state index contributed by atoms with van der Waals surface area (Å²) < 4.78 is 8.64. The van der Waals surface area contributed by atoms with Gasteiger partial charge in [0.15, 0.2) is 5.65 Å². The van der Waals surface area contributed by atoms with Gasteiger partial charge < -0.3 is 10.1 Å². The van der Waals surface area contributed by atoms with Gasteiger partial charge in [0.2, 0.25) is 0 Å². The van der Waals surface area contributed by atoms with E-state index in [4.69, 9.17) is 4.74 Å². The maximum Gasteiger partial charge on any atom is 0.164 e. The number of fused-ring (bicyclic) bond motifs is 1. The molecule has 4 rings (SSSR count). The van der Waals surface area contributed by atoms with Crippen molar-refractivity contribution >= 4 is 32.8 Å². The molecule has 1 saturated heterocycles. The van der Waals surface area contributed by atoms with Crippen LogP contribution in [0.5, 0.6) is 0 Å². The van der Waals surface area contributed by atoms with Crippen molar-refractivity contribution in [2.75, 3.05) is 25.0 Å². The van der Waals surface area contributed by atoms with Crippen LogP contribution in [0.15, 0.2) is 41.3 Å². The molecule has 8 heteroatoms. The van der Waals surface area contributed by atoms with E-state index in [-0.39, 0.29) is 12.1 Å². The summed E-state index contributed by atoms with van der Waals surface area (Å²) in [6.07, 6.45) is 2.62. The molecular formula is C20H25BrN6O. The van der Waals surface area contributed by atoms with Crippen molar-refractivity contribution in [2.24, 2.45) is 7.05 Å². The second-order valence-corrected chi connectivity index (χ2v) is 7.88. The second-order valence-electron chi connectivity index (χ2n) is 7.12. The molecule has 0 aliphatic carbocycles. The van der Waals surface area contributed by atoms with E-state index in [0.717, 1.165) is 54.1 Å². The Morgan fingerprint density at radius 1 is 1.29 bits per heavy atom. The maximum absolute atomic E-state index is 6.14. The van der Waals surface area contributed by atoms with Gasteiger partial charge in [0, 0.05) is 26.7 Å². The Bertz CT molecular complexity index is 931. The van der Waals surface area contributed by atoms with Crippen LogP contribution in [0.1, 0.15) is 18.9 Å². The number of rotatable bonds is 6. The average molecular weight is 445 g/mol. The number of benzene rings is 1. The summed E-state index contributed by atoms with van der Waals surface area (Å²) in [5.74, 6) is 0.792. The lowest BCUT2D eigenvalue weighted by Crippen LogP contribution is -2.49. The molecule has 1 aromatic carbocycles. The number of hydrogen-bond acceptors (Lipinski definition) is 6. The lowest BCUT2D eigenvalue weighted by Gasteiger charge is -2.37. The van der Waals surface area contributed by atoms with Crippen molar-refractivity contribution in [1.82, 2.24) is 24.6 Å². The number of morpholine rings is 1. The van der Waals surface area contributed by atoms with Crippen LogP contribution in [0.4, 0.5) is 5.82 Å². The van der Waals surface area contributed by atoms with Crippen LogP contribution in [-0.2, 0) is 18.3 Å². The highest BCUT2D eigenvalue weighted by Crippen LogP contribution is 2.28. The zero-order chi connectivity index (χ0) is 19.5. The molecule has 3 heterocycles. The molecule has 3 aromatic rings. The molecule has 1 aliphatic heterocycles. The van der Waals surface area contributed by atoms with Crippen molar-refractivity contribution < 1.29 is 4.74 Å². The lowest BCUT2D eigenvalue weighted by atomic mass is 10.1. The van der Waals surface area contributed by atoms with Gasteiger partial charge in [-0.25, -0.2) is 14.6 Å². The van der Waals surface area contributed by atoms with E-state index in [1.807, 2.05) is 7.05 Å². The van der Waals surface area contributed by atoms with Gasteiger partial charge in [0.05, 0.1) is 24.1 Å². The number of nitrogens with one attached hydrogen (secondary N) is 1. The fraction of sp³-hybridized carbons (Fsp3) is 0.450. The molecular weight excluding hydrogens is 420 g/mol. The van der Waals surface area contributed by atoms with Crippen LogP contribution >= 0.6 is 15.9 Å². The van der Waals surface area contributed by atoms with E-state index in [0.29, 0.717) is 0 Å². The standard InChI is InChI=1S/C20H25BrN6O/c1-3-15(24-19-17-18(21)25-26(2)20(17)23-13-22-19)16-12-27(9-10-28-16)11-14-7-5-4-6-8-14/h4-8,13,15-16H,3,9-12H2,1-2H3,(H,22,23,24). The molecule has 2 unspecified atom stereocenters. The molecule has 0 saturated carbocycles. The Hall–Kier alpha value is -2.03. The predicted octanol–water partition coefficient (Wildman–Crippen LogP) is 3.22. The number of aromatic nitrogens is 4. The minimum absolute atomic E-state index is 0.0999. The number of hydrogen-bond donors (Lipinski definition) is 1. The number of nitrogens with zero attached hydrogens (tertiary/aromatic N) is 5. The van der Waals surface area contributed by atoms with E-state index in [1.54, 1.807) is 11.0 Å². The molecule has 1 aliphatic rings. The summed E-state index contributed by atoms with van der Waals surface area (Å²) in [5.41, 5.74) is 2.13. The monoisotopic (exact) mass is 444 g/mol. The topological polar surface area (TPSA) is 68.1 Å². The molecule has 148 valence electrons. The number of aryl methyl sites for hydroxylation is 1. The van der Waals surface area contributed by atoms with E-state index in [1.165, 1.54) is 5.56 Å². The van der Waals surface area contributed by atoms with E-state index >= 15 is 0 Å². The van der Waals surface area contributed by atoms with Crippen LogP contribution in [0, 0.1) is 0 Å². The molecule has 28 heavy (non-hydrogen) atoms. The molecule has 1 fully saturated rings. The molecule has 0 radical (unpaired) electrons. The van der Waals surface area contributed by atoms with Gasteiger partial charge in [0.1, 0.15) is 16.7 Å². The Kier molecular flexibility index (Phi) is 5.89. The van der Waals surface area contributed by atoms with Crippen molar-refractivity contribution in [3.8, 4) is 0 Å². The summed E-state index contributed by atoms with van der Waals surface area (Å²) >= 11 is 3.53. The van der Waals surface area contributed by atoms with Gasteiger partial charge >= 0.3 is 0 Å². The van der Waals surface area contributed by atoms with Crippen molar-refractivity contribution in [1.29, 1.82) is 0 Å². The molecule has 2 aromatic heterocycles. The third-order valence-corrected chi connectivity index (χ3v) is 5.77. The van der Waals surface area contributed by atoms with Gasteiger partial charge in [0.25, 0.3) is 0 Å². The first-order valence-electron chi connectivity index (χ1n) is 9.63. The molecule has 0 bridgehead atoms. The predicted molar refractivity (Wildman–Crippen MR) is 113 cm³/mol. The zero-order valence-corrected chi connectivity index (χ0v) is 17.8. The van der Waals surface area contributed by atoms with Crippen molar-refractivity contribution in [3.63, 3.8) is 0 Å². The first-order chi connectivity index (χ1) is 13.7. The van der Waals surface area contributed by atoms with Gasteiger partial charge in [-0.3, -0.25) is 4.90 Å². The van der Waals surface area contributed by atoms with Gasteiger partial charge in [-0.15, -0.1) is 0 Å². The highest BCUT2D eigenvalue weighted by atomic mass is 79.9. The van der Waals surface area contributed by atoms with Crippen LogP contribution in [0.2, 0.25) is 0 Å². The highest BCUT2D eigenvalue weighted by molar-refractivity contribution is 9.10. The SMILES string of the molecule is CCC(Nc1ncnc2c1c(Br)nn2C)C1CN(Cc2ccccc2)CCO1. The summed E-state index contributed by atoms with van der Waals surface area (Å²) in [5, 5.41) is 8.90. The van der Waals surface area contributed by atoms with Gasteiger partial charge in [-0.05, 0) is 27.9 Å². The largest absolute Gasteiger partial charge is 0.373 e. The molecule has 0 amide bonds. The number of anilines is 1. The minimum atomic E-state index is 0.0999. The molecule has 1 N–H and O–H groups in total. The Balaban J connectivity index is 1.49.